The second kappa shape index (κ2) is 5.47. The average Bonchev–Trinajstić information content (AvgIpc) is 2.38. The molecule has 0 aromatic heterocycles. The van der Waals surface area contributed by atoms with E-state index >= 15 is 0 Å². The van der Waals surface area contributed by atoms with E-state index in [1.165, 1.54) is 0 Å². The summed E-state index contributed by atoms with van der Waals surface area (Å²) in [6.07, 6.45) is -13.7. The van der Waals surface area contributed by atoms with Crippen LogP contribution in [0.1, 0.15) is 13.8 Å². The third-order valence-corrected chi connectivity index (χ3v) is 3.83. The maximum absolute atomic E-state index is 14.4. The van der Waals surface area contributed by atoms with Crippen LogP contribution in [0.4, 0.5) is 43.9 Å². The number of rotatable bonds is 2. The zero-order chi connectivity index (χ0) is 21.2. The van der Waals surface area contributed by atoms with E-state index in [9.17, 15) is 53.8 Å². The lowest BCUT2D eigenvalue weighted by atomic mass is 9.71. The third kappa shape index (κ3) is 2.41. The minimum Gasteiger partial charge on any atom is -0.433 e. The lowest BCUT2D eigenvalue weighted by Crippen LogP contribution is -2.88. The highest BCUT2D eigenvalue weighted by Crippen LogP contribution is 2.67. The molecule has 3 atom stereocenters. The Bertz CT molecular complexity index is 608. The van der Waals surface area contributed by atoms with Gasteiger partial charge in [-0.1, -0.05) is 6.58 Å². The lowest BCUT2D eigenvalue weighted by molar-refractivity contribution is -0.541. The molecule has 1 saturated heterocycles. The first-order valence-electron chi connectivity index (χ1n) is 6.33. The van der Waals surface area contributed by atoms with E-state index in [-0.39, 0.29) is 6.08 Å². The van der Waals surface area contributed by atoms with Gasteiger partial charge in [0.25, 0.3) is 0 Å². The predicted molar refractivity (Wildman–Crippen MR) is 61.1 cm³/mol. The predicted octanol–water partition coefficient (Wildman–Crippen LogP) is 3.35. The van der Waals surface area contributed by atoms with Gasteiger partial charge in [-0.15, -0.1) is 0 Å². The van der Waals surface area contributed by atoms with Gasteiger partial charge < -0.3 is 14.6 Å². The molecule has 0 aliphatic carbocycles. The Morgan fingerprint density at radius 3 is 1.73 bits per heavy atom. The summed E-state index contributed by atoms with van der Waals surface area (Å²) in [5.41, 5.74) is -11.7. The highest BCUT2D eigenvalue weighted by Gasteiger charge is 2.98. The molecule has 1 N–H and O–H groups in total. The number of aliphatic hydroxyl groups is 1. The summed E-state index contributed by atoms with van der Waals surface area (Å²) in [4.78, 5) is 11.1. The van der Waals surface area contributed by atoms with Gasteiger partial charge in [-0.05, 0) is 13.8 Å². The van der Waals surface area contributed by atoms with Gasteiger partial charge in [0.2, 0.25) is 11.4 Å². The van der Waals surface area contributed by atoms with Crippen molar-refractivity contribution in [1.82, 2.24) is 0 Å². The average molecular weight is 408 g/mol. The van der Waals surface area contributed by atoms with Gasteiger partial charge in [0.15, 0.2) is 0 Å². The van der Waals surface area contributed by atoms with Crippen LogP contribution in [-0.4, -0.2) is 52.3 Å². The van der Waals surface area contributed by atoms with Crippen molar-refractivity contribution in [2.24, 2.45) is 0 Å². The van der Waals surface area contributed by atoms with Gasteiger partial charge in [-0.25, -0.2) is 4.79 Å². The molecule has 1 aliphatic heterocycles. The van der Waals surface area contributed by atoms with Crippen LogP contribution in [-0.2, 0) is 14.3 Å². The minimum absolute atomic E-state index is 0.255. The quantitative estimate of drug-likeness (QED) is 0.433. The molecule has 0 radical (unpaired) electrons. The van der Waals surface area contributed by atoms with E-state index in [0.29, 0.717) is 0 Å². The molecule has 1 fully saturated rings. The molecule has 1 heterocycles. The fourth-order valence-electron chi connectivity index (χ4n) is 2.36. The largest absolute Gasteiger partial charge is 0.441 e. The fraction of sp³-hybridized carbons (Fsp3) is 0.750. The summed E-state index contributed by atoms with van der Waals surface area (Å²) in [5, 5.41) is 9.40. The summed E-state index contributed by atoms with van der Waals surface area (Å²) >= 11 is 0. The lowest BCUT2D eigenvalue weighted by Gasteiger charge is -2.58. The van der Waals surface area contributed by atoms with Gasteiger partial charge in [0.1, 0.15) is 0 Å². The first-order chi connectivity index (χ1) is 11.2. The van der Waals surface area contributed by atoms with E-state index in [1.807, 2.05) is 0 Å². The van der Waals surface area contributed by atoms with E-state index in [1.54, 1.807) is 0 Å². The Labute approximate surface area is 138 Å². The monoisotopic (exact) mass is 408 g/mol. The summed E-state index contributed by atoms with van der Waals surface area (Å²) in [5.74, 6) is -20.2. The number of carbonyl (C=O) groups excluding carboxylic acids is 1. The molecule has 0 aromatic carbocycles. The third-order valence-electron chi connectivity index (χ3n) is 3.83. The van der Waals surface area contributed by atoms with Crippen LogP contribution in [0, 0.1) is 0 Å². The molecule has 14 heteroatoms. The number of ether oxygens (including phenoxy) is 2. The van der Waals surface area contributed by atoms with Crippen molar-refractivity contribution in [3.05, 3.63) is 12.7 Å². The van der Waals surface area contributed by atoms with Crippen LogP contribution in [0.2, 0.25) is 0 Å². The van der Waals surface area contributed by atoms with Crippen molar-refractivity contribution in [2.75, 3.05) is 0 Å². The standard InChI is InChI=1S/C12H10F10O4/c1-4-5(23)25-8(12(20,21)22)9(13,14)6(2,11(17,18)19)26-7(3,24)10(8,15)16/h4,24H,1H2,2-3H3. The maximum atomic E-state index is 14.4. The Morgan fingerprint density at radius 1 is 1.00 bits per heavy atom. The van der Waals surface area contributed by atoms with Gasteiger partial charge >= 0.3 is 35.8 Å². The smallest absolute Gasteiger partial charge is 0.433 e. The van der Waals surface area contributed by atoms with Crippen molar-refractivity contribution in [3.63, 3.8) is 0 Å². The van der Waals surface area contributed by atoms with E-state index in [2.05, 4.69) is 16.1 Å². The fourth-order valence-corrected chi connectivity index (χ4v) is 2.36. The SMILES string of the molecule is C=CC(=O)OC1(C(F)(F)F)C(F)(F)C(C)(O)OC(C)(C(F)(F)F)C1(F)F. The zero-order valence-electron chi connectivity index (χ0n) is 12.7. The van der Waals surface area contributed by atoms with Crippen LogP contribution < -0.4 is 0 Å². The number of carbonyl (C=O) groups is 1. The molecule has 1 aliphatic rings. The molecule has 0 aromatic rings. The molecule has 1 rings (SSSR count). The van der Waals surface area contributed by atoms with Crippen molar-refractivity contribution in [3.8, 4) is 0 Å². The first kappa shape index (κ1) is 22.5. The van der Waals surface area contributed by atoms with Crippen LogP contribution >= 0.6 is 0 Å². The summed E-state index contributed by atoms with van der Waals surface area (Å²) in [7, 11) is 0. The number of alkyl halides is 10. The Morgan fingerprint density at radius 2 is 1.42 bits per heavy atom. The molecule has 3 unspecified atom stereocenters. The van der Waals surface area contributed by atoms with Crippen LogP contribution in [0.3, 0.4) is 0 Å². The Kier molecular flexibility index (Phi) is 4.73. The summed E-state index contributed by atoms with van der Waals surface area (Å²) in [6.45, 7) is 1.40. The molecule has 0 spiro atoms. The van der Waals surface area contributed by atoms with E-state index in [4.69, 9.17) is 0 Å². The van der Waals surface area contributed by atoms with Crippen molar-refractivity contribution in [2.45, 2.75) is 55.0 Å². The zero-order valence-corrected chi connectivity index (χ0v) is 12.7. The molecule has 0 amide bonds. The highest BCUT2D eigenvalue weighted by molar-refractivity contribution is 5.82. The van der Waals surface area contributed by atoms with Crippen LogP contribution in [0.25, 0.3) is 0 Å². The Balaban J connectivity index is 4.07. The molecule has 4 nitrogen and oxygen atoms in total. The topological polar surface area (TPSA) is 55.8 Å². The second-order valence-electron chi connectivity index (χ2n) is 5.57. The maximum Gasteiger partial charge on any atom is 0.441 e. The Hall–Kier alpha value is -1.57. The summed E-state index contributed by atoms with van der Waals surface area (Å²) in [6, 6.07) is 0. The molecule has 0 saturated carbocycles. The van der Waals surface area contributed by atoms with Gasteiger partial charge in [0, 0.05) is 6.08 Å². The second-order valence-corrected chi connectivity index (χ2v) is 5.57. The van der Waals surface area contributed by atoms with Gasteiger partial charge in [-0.2, -0.15) is 43.9 Å². The van der Waals surface area contributed by atoms with Crippen LogP contribution in [0.5, 0.6) is 0 Å². The highest BCUT2D eigenvalue weighted by atomic mass is 19.4. The van der Waals surface area contributed by atoms with Crippen molar-refractivity contribution < 1.29 is 63.3 Å². The van der Waals surface area contributed by atoms with Gasteiger partial charge in [0.05, 0.1) is 0 Å². The van der Waals surface area contributed by atoms with E-state index < -0.39 is 61.0 Å². The summed E-state index contributed by atoms with van der Waals surface area (Å²) < 4.78 is 143. The number of esters is 1. The van der Waals surface area contributed by atoms with E-state index in [0.717, 1.165) is 0 Å². The molecular formula is C12H10F10O4. The molecule has 26 heavy (non-hydrogen) atoms. The normalized spacial score (nSPS) is 37.1. The molecule has 0 bridgehead atoms. The van der Waals surface area contributed by atoms with Gasteiger partial charge in [-0.3, -0.25) is 0 Å². The first-order valence-corrected chi connectivity index (χ1v) is 6.33. The van der Waals surface area contributed by atoms with Crippen molar-refractivity contribution >= 4 is 5.97 Å². The number of halogens is 10. The number of hydrogen-bond acceptors (Lipinski definition) is 4. The van der Waals surface area contributed by atoms with Crippen LogP contribution in [0.15, 0.2) is 12.7 Å². The molecular weight excluding hydrogens is 398 g/mol. The molecule has 152 valence electrons. The minimum atomic E-state index is -6.99. The van der Waals surface area contributed by atoms with Crippen molar-refractivity contribution in [1.29, 1.82) is 0 Å². The number of hydrogen-bond donors (Lipinski definition) is 1.